The molecule has 2 heterocycles. The molecule has 0 bridgehead atoms. The minimum atomic E-state index is -0.888. The zero-order valence-electron chi connectivity index (χ0n) is 8.73. The molecule has 3 nitrogen and oxygen atoms in total. The largest absolute Gasteiger partial charge is 0.467 e. The van der Waals surface area contributed by atoms with Crippen LogP contribution in [-0.2, 0) is 6.54 Å². The summed E-state index contributed by atoms with van der Waals surface area (Å²) in [5.41, 5.74) is 0.968. The molecule has 5 heteroatoms. The van der Waals surface area contributed by atoms with Crippen molar-refractivity contribution in [1.29, 1.82) is 0 Å². The van der Waals surface area contributed by atoms with Gasteiger partial charge in [0.1, 0.15) is 5.76 Å². The zero-order valence-corrected chi connectivity index (χ0v) is 8.73. The number of halogens is 2. The molecule has 86 valence electrons. The number of hydrogen-bond donors (Lipinski definition) is 0. The van der Waals surface area contributed by atoms with E-state index in [9.17, 15) is 8.78 Å². The van der Waals surface area contributed by atoms with Crippen LogP contribution in [-0.4, -0.2) is 9.55 Å². The fraction of sp³-hybridized carbons (Fsp3) is 0.0833. The Morgan fingerprint density at radius 1 is 1.24 bits per heavy atom. The summed E-state index contributed by atoms with van der Waals surface area (Å²) in [6.07, 6.45) is 3.10. The predicted molar refractivity (Wildman–Crippen MR) is 57.5 cm³/mol. The second-order valence-electron chi connectivity index (χ2n) is 3.71. The molecule has 2 aromatic heterocycles. The highest BCUT2D eigenvalue weighted by Gasteiger charge is 2.09. The van der Waals surface area contributed by atoms with Crippen molar-refractivity contribution in [2.45, 2.75) is 6.54 Å². The standard InChI is InChI=1S/C12H8F2N2O/c13-9-4-11-12(5-10(9)14)16(7-15-11)6-8-2-1-3-17-8/h1-5,7H,6H2. The van der Waals surface area contributed by atoms with E-state index in [1.165, 1.54) is 6.33 Å². The van der Waals surface area contributed by atoms with E-state index in [2.05, 4.69) is 4.98 Å². The Bertz CT molecular complexity index is 659. The van der Waals surface area contributed by atoms with E-state index in [4.69, 9.17) is 4.42 Å². The summed E-state index contributed by atoms with van der Waals surface area (Å²) in [5.74, 6) is -1.03. The van der Waals surface area contributed by atoms with E-state index in [0.29, 0.717) is 17.6 Å². The third-order valence-electron chi connectivity index (χ3n) is 2.57. The van der Waals surface area contributed by atoms with Crippen LogP contribution in [0.15, 0.2) is 41.3 Å². The van der Waals surface area contributed by atoms with E-state index in [0.717, 1.165) is 17.9 Å². The summed E-state index contributed by atoms with van der Waals surface area (Å²) in [6, 6.07) is 5.81. The molecular formula is C12H8F2N2O. The number of rotatable bonds is 2. The Morgan fingerprint density at radius 2 is 2.06 bits per heavy atom. The molecule has 0 atom stereocenters. The maximum absolute atomic E-state index is 13.1. The van der Waals surface area contributed by atoms with Gasteiger partial charge >= 0.3 is 0 Å². The van der Waals surface area contributed by atoms with Crippen LogP contribution in [0, 0.1) is 11.6 Å². The molecule has 17 heavy (non-hydrogen) atoms. The minimum absolute atomic E-state index is 0.426. The van der Waals surface area contributed by atoms with Crippen molar-refractivity contribution in [3.63, 3.8) is 0 Å². The quantitative estimate of drug-likeness (QED) is 0.682. The number of nitrogens with zero attached hydrogens (tertiary/aromatic N) is 2. The van der Waals surface area contributed by atoms with E-state index in [1.807, 2.05) is 6.07 Å². The van der Waals surface area contributed by atoms with E-state index in [1.54, 1.807) is 16.9 Å². The maximum atomic E-state index is 13.1. The van der Waals surface area contributed by atoms with E-state index < -0.39 is 11.6 Å². The van der Waals surface area contributed by atoms with Gasteiger partial charge in [-0.25, -0.2) is 13.8 Å². The number of benzene rings is 1. The summed E-state index contributed by atoms with van der Waals surface area (Å²) in [6.45, 7) is 0.439. The van der Waals surface area contributed by atoms with Gasteiger partial charge < -0.3 is 8.98 Å². The predicted octanol–water partition coefficient (Wildman–Crippen LogP) is 2.96. The van der Waals surface area contributed by atoms with E-state index in [-0.39, 0.29) is 0 Å². The Balaban J connectivity index is 2.08. The molecule has 0 aliphatic heterocycles. The number of aromatic nitrogens is 2. The topological polar surface area (TPSA) is 31.0 Å². The molecule has 0 fully saturated rings. The van der Waals surface area contributed by atoms with Crippen LogP contribution in [0.1, 0.15) is 5.76 Å². The van der Waals surface area contributed by atoms with Crippen LogP contribution >= 0.6 is 0 Å². The first-order valence-electron chi connectivity index (χ1n) is 5.06. The first-order chi connectivity index (χ1) is 8.24. The Labute approximate surface area is 95.3 Å². The highest BCUT2D eigenvalue weighted by molar-refractivity contribution is 5.75. The van der Waals surface area contributed by atoms with Crippen molar-refractivity contribution in [2.75, 3.05) is 0 Å². The molecule has 3 aromatic rings. The lowest BCUT2D eigenvalue weighted by atomic mass is 10.3. The molecule has 3 rings (SSSR count). The number of hydrogen-bond acceptors (Lipinski definition) is 2. The van der Waals surface area contributed by atoms with Crippen molar-refractivity contribution in [3.8, 4) is 0 Å². The highest BCUT2D eigenvalue weighted by Crippen LogP contribution is 2.18. The van der Waals surface area contributed by atoms with Gasteiger partial charge in [0.15, 0.2) is 11.6 Å². The molecule has 1 aromatic carbocycles. The summed E-state index contributed by atoms with van der Waals surface area (Å²) in [7, 11) is 0. The Morgan fingerprint density at radius 3 is 2.82 bits per heavy atom. The Kier molecular flexibility index (Phi) is 2.18. The van der Waals surface area contributed by atoms with E-state index >= 15 is 0 Å². The van der Waals surface area contributed by atoms with Gasteiger partial charge in [-0.3, -0.25) is 0 Å². The summed E-state index contributed by atoms with van der Waals surface area (Å²) in [5, 5.41) is 0. The molecule has 0 saturated heterocycles. The minimum Gasteiger partial charge on any atom is -0.467 e. The number of fused-ring (bicyclic) bond motifs is 1. The smallest absolute Gasteiger partial charge is 0.161 e. The first kappa shape index (κ1) is 10.0. The first-order valence-corrected chi connectivity index (χ1v) is 5.06. The van der Waals surface area contributed by atoms with Gasteiger partial charge in [0.2, 0.25) is 0 Å². The van der Waals surface area contributed by atoms with Gasteiger partial charge in [0, 0.05) is 12.1 Å². The maximum Gasteiger partial charge on any atom is 0.161 e. The van der Waals surface area contributed by atoms with Gasteiger partial charge in [-0.2, -0.15) is 0 Å². The van der Waals surface area contributed by atoms with Crippen LogP contribution in [0.25, 0.3) is 11.0 Å². The molecule has 0 radical (unpaired) electrons. The van der Waals surface area contributed by atoms with Gasteiger partial charge in [0.05, 0.1) is 30.2 Å². The summed E-state index contributed by atoms with van der Waals surface area (Å²) < 4.78 is 33.0. The molecule has 0 amide bonds. The lowest BCUT2D eigenvalue weighted by Gasteiger charge is -2.01. The molecule has 0 aliphatic rings. The van der Waals surface area contributed by atoms with Crippen molar-refractivity contribution >= 4 is 11.0 Å². The fourth-order valence-corrected chi connectivity index (χ4v) is 1.75. The zero-order chi connectivity index (χ0) is 11.8. The molecule has 0 unspecified atom stereocenters. The van der Waals surface area contributed by atoms with Gasteiger partial charge in [-0.15, -0.1) is 0 Å². The van der Waals surface area contributed by atoms with Crippen LogP contribution in [0.4, 0.5) is 8.78 Å². The van der Waals surface area contributed by atoms with Crippen molar-refractivity contribution in [2.24, 2.45) is 0 Å². The van der Waals surface area contributed by atoms with Gasteiger partial charge in [-0.05, 0) is 12.1 Å². The Hall–Kier alpha value is -2.17. The second kappa shape index (κ2) is 3.69. The van der Waals surface area contributed by atoms with Crippen LogP contribution in [0.5, 0.6) is 0 Å². The average Bonchev–Trinajstić information content (AvgIpc) is 2.92. The SMILES string of the molecule is Fc1cc2ncn(Cc3ccco3)c2cc1F. The van der Waals surface area contributed by atoms with Gasteiger partial charge in [-0.1, -0.05) is 0 Å². The van der Waals surface area contributed by atoms with Crippen LogP contribution in [0.2, 0.25) is 0 Å². The number of imidazole rings is 1. The highest BCUT2D eigenvalue weighted by atomic mass is 19.2. The van der Waals surface area contributed by atoms with Crippen LogP contribution in [0.3, 0.4) is 0 Å². The third-order valence-corrected chi connectivity index (χ3v) is 2.57. The second-order valence-corrected chi connectivity index (χ2v) is 3.71. The normalized spacial score (nSPS) is 11.2. The monoisotopic (exact) mass is 234 g/mol. The average molecular weight is 234 g/mol. The summed E-state index contributed by atoms with van der Waals surface area (Å²) in [4.78, 5) is 4.02. The lowest BCUT2D eigenvalue weighted by Crippen LogP contribution is -1.97. The molecule has 0 N–H and O–H groups in total. The third kappa shape index (κ3) is 1.69. The fourth-order valence-electron chi connectivity index (χ4n) is 1.75. The van der Waals surface area contributed by atoms with Crippen molar-refractivity contribution < 1.29 is 13.2 Å². The van der Waals surface area contributed by atoms with Crippen LogP contribution < -0.4 is 0 Å². The molecule has 0 aliphatic carbocycles. The molecule has 0 spiro atoms. The van der Waals surface area contributed by atoms with Crippen molar-refractivity contribution in [1.82, 2.24) is 9.55 Å². The molecule has 0 saturated carbocycles. The lowest BCUT2D eigenvalue weighted by molar-refractivity contribution is 0.495. The number of furan rings is 1. The molecular weight excluding hydrogens is 226 g/mol. The van der Waals surface area contributed by atoms with Crippen molar-refractivity contribution in [3.05, 3.63) is 54.3 Å². The summed E-state index contributed by atoms with van der Waals surface area (Å²) >= 11 is 0. The van der Waals surface area contributed by atoms with Gasteiger partial charge in [0.25, 0.3) is 0 Å².